The largest absolute Gasteiger partial charge is 0.394 e. The van der Waals surface area contributed by atoms with Crippen molar-refractivity contribution in [3.63, 3.8) is 0 Å². The van der Waals surface area contributed by atoms with Gasteiger partial charge in [0, 0.05) is 16.3 Å². The van der Waals surface area contributed by atoms with Crippen molar-refractivity contribution in [2.75, 3.05) is 17.6 Å². The summed E-state index contributed by atoms with van der Waals surface area (Å²) in [4.78, 5) is 11.0. The fourth-order valence-corrected chi connectivity index (χ4v) is 3.59. The van der Waals surface area contributed by atoms with Gasteiger partial charge in [0.25, 0.3) is 0 Å². The number of anilines is 2. The minimum Gasteiger partial charge on any atom is -0.394 e. The first-order valence-electron chi connectivity index (χ1n) is 7.33. The lowest BCUT2D eigenvalue weighted by atomic mass is 10.2. The smallest absolute Gasteiger partial charge is 0.153 e. The van der Waals surface area contributed by atoms with Crippen molar-refractivity contribution >= 4 is 34.6 Å². The zero-order valence-corrected chi connectivity index (χ0v) is 14.5. The van der Waals surface area contributed by atoms with Crippen molar-refractivity contribution in [2.24, 2.45) is 0 Å². The summed E-state index contributed by atoms with van der Waals surface area (Å²) in [7, 11) is 0. The van der Waals surface area contributed by atoms with Crippen molar-refractivity contribution < 1.29 is 0 Å². The summed E-state index contributed by atoms with van der Waals surface area (Å²) in [6, 6.07) is 12.5. The SMILES string of the molecule is Cc1ccc(Sc2ncnc(NCCc3cccs3)c2N)cc1. The maximum absolute atomic E-state index is 6.21. The lowest BCUT2D eigenvalue weighted by Gasteiger charge is -2.10. The Kier molecular flexibility index (Phi) is 5.15. The molecule has 0 radical (unpaired) electrons. The van der Waals surface area contributed by atoms with Gasteiger partial charge in [-0.25, -0.2) is 9.97 Å². The van der Waals surface area contributed by atoms with E-state index in [2.05, 4.69) is 64.0 Å². The highest BCUT2D eigenvalue weighted by molar-refractivity contribution is 7.99. The third-order valence-corrected chi connectivity index (χ3v) is 5.29. The zero-order chi connectivity index (χ0) is 16.1. The Morgan fingerprint density at radius 1 is 1.17 bits per heavy atom. The molecule has 23 heavy (non-hydrogen) atoms. The van der Waals surface area contributed by atoms with Gasteiger partial charge in [-0.2, -0.15) is 0 Å². The summed E-state index contributed by atoms with van der Waals surface area (Å²) < 4.78 is 0. The molecule has 0 spiro atoms. The Hall–Kier alpha value is -2.05. The highest BCUT2D eigenvalue weighted by Gasteiger charge is 2.09. The average molecular weight is 342 g/mol. The molecule has 3 rings (SSSR count). The summed E-state index contributed by atoms with van der Waals surface area (Å²) in [5.74, 6) is 0.700. The molecular formula is C17H18N4S2. The van der Waals surface area contributed by atoms with E-state index >= 15 is 0 Å². The number of hydrogen-bond acceptors (Lipinski definition) is 6. The van der Waals surface area contributed by atoms with E-state index in [0.717, 1.165) is 22.9 Å². The number of nitrogens with zero attached hydrogens (tertiary/aromatic N) is 2. The lowest BCUT2D eigenvalue weighted by molar-refractivity contribution is 0.996. The van der Waals surface area contributed by atoms with E-state index in [1.165, 1.54) is 10.4 Å². The molecule has 6 heteroatoms. The van der Waals surface area contributed by atoms with Crippen LogP contribution >= 0.6 is 23.1 Å². The molecule has 2 aromatic heterocycles. The number of rotatable bonds is 6. The van der Waals surface area contributed by atoms with Crippen LogP contribution in [0.3, 0.4) is 0 Å². The van der Waals surface area contributed by atoms with Crippen LogP contribution in [0.15, 0.2) is 58.0 Å². The summed E-state index contributed by atoms with van der Waals surface area (Å²) in [6.45, 7) is 2.87. The molecule has 0 aliphatic heterocycles. The normalized spacial score (nSPS) is 10.7. The molecule has 0 atom stereocenters. The van der Waals surface area contributed by atoms with Crippen molar-refractivity contribution in [2.45, 2.75) is 23.3 Å². The Bertz CT molecular complexity index is 755. The van der Waals surface area contributed by atoms with Crippen molar-refractivity contribution in [1.29, 1.82) is 0 Å². The first kappa shape index (κ1) is 15.8. The maximum Gasteiger partial charge on any atom is 0.153 e. The first-order chi connectivity index (χ1) is 11.2. The van der Waals surface area contributed by atoms with Gasteiger partial charge < -0.3 is 11.1 Å². The molecule has 3 aromatic rings. The molecular weight excluding hydrogens is 324 g/mol. The van der Waals surface area contributed by atoms with Crippen molar-refractivity contribution in [3.8, 4) is 0 Å². The van der Waals surface area contributed by atoms with Crippen LogP contribution in [0.4, 0.5) is 11.5 Å². The summed E-state index contributed by atoms with van der Waals surface area (Å²) in [5, 5.41) is 6.17. The van der Waals surface area contributed by atoms with E-state index in [1.54, 1.807) is 29.4 Å². The van der Waals surface area contributed by atoms with Crippen LogP contribution in [0.25, 0.3) is 0 Å². The highest BCUT2D eigenvalue weighted by Crippen LogP contribution is 2.32. The van der Waals surface area contributed by atoms with E-state index in [1.807, 2.05) is 0 Å². The topological polar surface area (TPSA) is 63.8 Å². The van der Waals surface area contributed by atoms with Crippen LogP contribution in [0.2, 0.25) is 0 Å². The standard InChI is InChI=1S/C17H18N4S2/c1-12-4-6-14(7-5-12)23-17-15(18)16(20-11-21-17)19-9-8-13-3-2-10-22-13/h2-7,10-11H,8-9,18H2,1H3,(H,19,20,21). The van der Waals surface area contributed by atoms with Gasteiger partial charge in [-0.3, -0.25) is 0 Å². The third-order valence-electron chi connectivity index (χ3n) is 3.33. The second-order valence-corrected chi connectivity index (χ2v) is 7.21. The van der Waals surface area contributed by atoms with Gasteiger partial charge in [0.15, 0.2) is 5.82 Å². The van der Waals surface area contributed by atoms with Gasteiger partial charge in [-0.1, -0.05) is 35.5 Å². The molecule has 0 amide bonds. The molecule has 0 aliphatic rings. The van der Waals surface area contributed by atoms with Crippen LogP contribution in [0, 0.1) is 6.92 Å². The molecule has 0 unspecified atom stereocenters. The summed E-state index contributed by atoms with van der Waals surface area (Å²) in [5.41, 5.74) is 8.05. The van der Waals surface area contributed by atoms with Gasteiger partial charge >= 0.3 is 0 Å². The van der Waals surface area contributed by atoms with E-state index in [4.69, 9.17) is 5.73 Å². The maximum atomic E-state index is 6.21. The Morgan fingerprint density at radius 3 is 2.74 bits per heavy atom. The van der Waals surface area contributed by atoms with Gasteiger partial charge in [-0.05, 0) is 36.9 Å². The predicted octanol–water partition coefficient (Wildman–Crippen LogP) is 4.23. The van der Waals surface area contributed by atoms with E-state index in [9.17, 15) is 0 Å². The monoisotopic (exact) mass is 342 g/mol. The number of nitrogen functional groups attached to an aromatic ring is 1. The number of aryl methyl sites for hydroxylation is 1. The fourth-order valence-electron chi connectivity index (χ4n) is 2.08. The van der Waals surface area contributed by atoms with E-state index in [0.29, 0.717) is 11.5 Å². The summed E-state index contributed by atoms with van der Waals surface area (Å²) >= 11 is 3.31. The van der Waals surface area contributed by atoms with Crippen molar-refractivity contribution in [3.05, 3.63) is 58.5 Å². The molecule has 1 aromatic carbocycles. The molecule has 118 valence electrons. The molecule has 0 saturated heterocycles. The number of nitrogens with two attached hydrogens (primary N) is 1. The number of thiophene rings is 1. The number of hydrogen-bond donors (Lipinski definition) is 2. The molecule has 0 bridgehead atoms. The lowest BCUT2D eigenvalue weighted by Crippen LogP contribution is -2.09. The van der Waals surface area contributed by atoms with Crippen LogP contribution in [0.1, 0.15) is 10.4 Å². The van der Waals surface area contributed by atoms with Gasteiger partial charge in [0.1, 0.15) is 17.0 Å². The molecule has 4 nitrogen and oxygen atoms in total. The summed E-state index contributed by atoms with van der Waals surface area (Å²) in [6.07, 6.45) is 2.52. The molecule has 2 heterocycles. The van der Waals surface area contributed by atoms with Crippen LogP contribution in [-0.4, -0.2) is 16.5 Å². The Morgan fingerprint density at radius 2 is 2.00 bits per heavy atom. The number of aromatic nitrogens is 2. The fraction of sp³-hybridized carbons (Fsp3) is 0.176. The average Bonchev–Trinajstić information content (AvgIpc) is 3.06. The van der Waals surface area contributed by atoms with Gasteiger partial charge in [0.05, 0.1) is 0 Å². The zero-order valence-electron chi connectivity index (χ0n) is 12.8. The molecule has 3 N–H and O–H groups in total. The molecule has 0 fully saturated rings. The number of nitrogens with one attached hydrogen (secondary N) is 1. The third kappa shape index (κ3) is 4.24. The number of benzene rings is 1. The quantitative estimate of drug-likeness (QED) is 0.656. The van der Waals surface area contributed by atoms with Gasteiger partial charge in [-0.15, -0.1) is 11.3 Å². The minimum atomic E-state index is 0.601. The van der Waals surface area contributed by atoms with Crippen LogP contribution < -0.4 is 11.1 Å². The second kappa shape index (κ2) is 7.48. The Labute approximate surface area is 144 Å². The molecule has 0 aliphatic carbocycles. The Balaban J connectivity index is 1.66. The highest BCUT2D eigenvalue weighted by atomic mass is 32.2. The minimum absolute atomic E-state index is 0.601. The second-order valence-electron chi connectivity index (χ2n) is 5.11. The molecule has 0 saturated carbocycles. The van der Waals surface area contributed by atoms with E-state index < -0.39 is 0 Å². The predicted molar refractivity (Wildman–Crippen MR) is 98.3 cm³/mol. The van der Waals surface area contributed by atoms with E-state index in [-0.39, 0.29) is 0 Å². The van der Waals surface area contributed by atoms with Crippen LogP contribution in [-0.2, 0) is 6.42 Å². The van der Waals surface area contributed by atoms with Crippen molar-refractivity contribution in [1.82, 2.24) is 9.97 Å². The first-order valence-corrected chi connectivity index (χ1v) is 9.03. The van der Waals surface area contributed by atoms with Gasteiger partial charge in [0.2, 0.25) is 0 Å². The van der Waals surface area contributed by atoms with Crippen LogP contribution in [0.5, 0.6) is 0 Å².